The largest absolute Gasteiger partial charge is 0.419 e. The molecule has 7 heteroatoms. The minimum Gasteiger partial charge on any atom is -0.408 e. The molecular formula is C21H20N4O3. The molecule has 7 nitrogen and oxygen atoms in total. The summed E-state index contributed by atoms with van der Waals surface area (Å²) in [6.07, 6.45) is 3.69. The van der Waals surface area contributed by atoms with Gasteiger partial charge >= 0.3 is 5.76 Å². The zero-order valence-electron chi connectivity index (χ0n) is 15.4. The van der Waals surface area contributed by atoms with Gasteiger partial charge in [0, 0.05) is 32.4 Å². The van der Waals surface area contributed by atoms with Gasteiger partial charge in [-0.15, -0.1) is 0 Å². The molecule has 0 fully saturated rings. The van der Waals surface area contributed by atoms with E-state index in [4.69, 9.17) is 4.42 Å². The Labute approximate surface area is 161 Å². The fourth-order valence-corrected chi connectivity index (χ4v) is 3.27. The van der Waals surface area contributed by atoms with Gasteiger partial charge in [-0.3, -0.25) is 9.36 Å². The number of hydrogen-bond acceptors (Lipinski definition) is 4. The lowest BCUT2D eigenvalue weighted by molar-refractivity contribution is -0.121. The Balaban J connectivity index is 1.53. The van der Waals surface area contributed by atoms with Crippen LogP contribution in [0.15, 0.2) is 76.2 Å². The second kappa shape index (κ2) is 7.56. The Morgan fingerprint density at radius 1 is 1.14 bits per heavy atom. The smallest absolute Gasteiger partial charge is 0.408 e. The van der Waals surface area contributed by atoms with E-state index in [1.54, 1.807) is 24.4 Å². The second-order valence-corrected chi connectivity index (χ2v) is 6.54. The molecule has 0 aliphatic heterocycles. The van der Waals surface area contributed by atoms with Gasteiger partial charge in [0.2, 0.25) is 5.91 Å². The van der Waals surface area contributed by atoms with Gasteiger partial charge in [-0.25, -0.2) is 9.78 Å². The number of carbonyl (C=O) groups excluding carboxylic acids is 1. The number of nitrogens with one attached hydrogen (secondary N) is 1. The van der Waals surface area contributed by atoms with Gasteiger partial charge in [0.15, 0.2) is 5.58 Å². The molecule has 1 atom stereocenters. The summed E-state index contributed by atoms with van der Waals surface area (Å²) in [6.45, 7) is 0.240. The number of aromatic nitrogens is 3. The van der Waals surface area contributed by atoms with Crippen LogP contribution in [0.5, 0.6) is 0 Å². The number of hydrogen-bond donors (Lipinski definition) is 1. The SMILES string of the molecule is Cn1ccnc1[C@@H](NC(=O)CCn1c(=O)oc2ccccc21)c1ccccc1. The first-order chi connectivity index (χ1) is 13.6. The lowest BCUT2D eigenvalue weighted by atomic mass is 10.1. The maximum atomic E-state index is 12.7. The minimum absolute atomic E-state index is 0.150. The summed E-state index contributed by atoms with van der Waals surface area (Å²) in [5, 5.41) is 3.04. The molecule has 1 amide bonds. The summed E-state index contributed by atoms with van der Waals surface area (Å²) < 4.78 is 8.58. The van der Waals surface area contributed by atoms with E-state index in [0.717, 1.165) is 11.4 Å². The number of aryl methyl sites for hydroxylation is 2. The standard InChI is InChI=1S/C21H20N4O3/c1-24-14-12-22-20(24)19(15-7-3-2-4-8-15)23-18(26)11-13-25-16-9-5-6-10-17(16)28-21(25)27/h2-10,12,14,19H,11,13H2,1H3,(H,23,26)/t19-/m0/s1. The van der Waals surface area contributed by atoms with E-state index in [-0.39, 0.29) is 24.9 Å². The molecule has 0 bridgehead atoms. The number of carbonyl (C=O) groups is 1. The zero-order chi connectivity index (χ0) is 19.5. The monoisotopic (exact) mass is 376 g/mol. The molecule has 0 saturated heterocycles. The average Bonchev–Trinajstić information content (AvgIpc) is 3.27. The Kier molecular flexibility index (Phi) is 4.80. The van der Waals surface area contributed by atoms with Crippen LogP contribution in [-0.2, 0) is 18.4 Å². The molecule has 4 rings (SSSR count). The maximum Gasteiger partial charge on any atom is 0.419 e. The van der Waals surface area contributed by atoms with Crippen LogP contribution in [0.4, 0.5) is 0 Å². The number of para-hydroxylation sites is 2. The van der Waals surface area contributed by atoms with Gasteiger partial charge in [0.05, 0.1) is 5.52 Å². The maximum absolute atomic E-state index is 12.7. The Hall–Kier alpha value is -3.61. The van der Waals surface area contributed by atoms with E-state index in [9.17, 15) is 9.59 Å². The molecule has 28 heavy (non-hydrogen) atoms. The van der Waals surface area contributed by atoms with Crippen LogP contribution in [0.25, 0.3) is 11.1 Å². The number of fused-ring (bicyclic) bond motifs is 1. The third-order valence-corrected chi connectivity index (χ3v) is 4.69. The number of imidazole rings is 1. The van der Waals surface area contributed by atoms with Crippen LogP contribution in [0.3, 0.4) is 0 Å². The molecule has 2 heterocycles. The van der Waals surface area contributed by atoms with Crippen molar-refractivity contribution in [2.75, 3.05) is 0 Å². The molecule has 4 aromatic rings. The van der Waals surface area contributed by atoms with E-state index in [0.29, 0.717) is 11.1 Å². The van der Waals surface area contributed by atoms with Gasteiger partial charge in [-0.2, -0.15) is 0 Å². The number of amides is 1. The van der Waals surface area contributed by atoms with Crippen LogP contribution < -0.4 is 11.1 Å². The minimum atomic E-state index is -0.460. The third-order valence-electron chi connectivity index (χ3n) is 4.69. The quantitative estimate of drug-likeness (QED) is 0.561. The van der Waals surface area contributed by atoms with Crippen molar-refractivity contribution in [1.82, 2.24) is 19.4 Å². The number of benzene rings is 2. The van der Waals surface area contributed by atoms with Crippen molar-refractivity contribution in [2.45, 2.75) is 19.0 Å². The molecule has 2 aromatic carbocycles. The summed E-state index contributed by atoms with van der Waals surface area (Å²) in [7, 11) is 1.89. The molecule has 0 aliphatic rings. The highest BCUT2D eigenvalue weighted by molar-refractivity contribution is 5.77. The predicted octanol–water partition coefficient (Wildman–Crippen LogP) is 2.62. The summed E-state index contributed by atoms with van der Waals surface area (Å²) >= 11 is 0. The zero-order valence-corrected chi connectivity index (χ0v) is 15.4. The van der Waals surface area contributed by atoms with Gasteiger partial charge in [-0.1, -0.05) is 42.5 Å². The molecule has 2 aromatic heterocycles. The van der Waals surface area contributed by atoms with Gasteiger partial charge < -0.3 is 14.3 Å². The van der Waals surface area contributed by atoms with Crippen molar-refractivity contribution < 1.29 is 9.21 Å². The first-order valence-corrected chi connectivity index (χ1v) is 9.03. The molecular weight excluding hydrogens is 356 g/mol. The number of oxazole rings is 1. The van der Waals surface area contributed by atoms with Crippen LogP contribution in [0.1, 0.15) is 23.9 Å². The molecule has 142 valence electrons. The Morgan fingerprint density at radius 2 is 1.89 bits per heavy atom. The van der Waals surface area contributed by atoms with E-state index in [1.807, 2.05) is 54.2 Å². The van der Waals surface area contributed by atoms with Crippen molar-refractivity contribution in [3.63, 3.8) is 0 Å². The molecule has 0 radical (unpaired) electrons. The van der Waals surface area contributed by atoms with Gasteiger partial charge in [0.25, 0.3) is 0 Å². The Bertz CT molecular complexity index is 1160. The molecule has 0 aliphatic carbocycles. The molecule has 0 unspecified atom stereocenters. The first kappa shape index (κ1) is 17.8. The van der Waals surface area contributed by atoms with Crippen molar-refractivity contribution in [3.8, 4) is 0 Å². The van der Waals surface area contributed by atoms with E-state index in [2.05, 4.69) is 10.3 Å². The third kappa shape index (κ3) is 3.46. The topological polar surface area (TPSA) is 82.1 Å². The summed E-state index contributed by atoms with van der Waals surface area (Å²) in [5.41, 5.74) is 2.14. The number of nitrogens with zero attached hydrogens (tertiary/aromatic N) is 3. The lowest BCUT2D eigenvalue weighted by Gasteiger charge is -2.19. The van der Waals surface area contributed by atoms with Crippen molar-refractivity contribution in [1.29, 1.82) is 0 Å². The van der Waals surface area contributed by atoms with E-state index < -0.39 is 5.76 Å². The van der Waals surface area contributed by atoms with Crippen LogP contribution in [-0.4, -0.2) is 20.0 Å². The lowest BCUT2D eigenvalue weighted by Crippen LogP contribution is -2.32. The van der Waals surface area contributed by atoms with Crippen LogP contribution in [0.2, 0.25) is 0 Å². The highest BCUT2D eigenvalue weighted by Crippen LogP contribution is 2.20. The molecule has 0 saturated carbocycles. The highest BCUT2D eigenvalue weighted by Gasteiger charge is 2.21. The van der Waals surface area contributed by atoms with Crippen molar-refractivity contribution in [3.05, 3.63) is 88.9 Å². The van der Waals surface area contributed by atoms with E-state index in [1.165, 1.54) is 4.57 Å². The average molecular weight is 376 g/mol. The predicted molar refractivity (Wildman–Crippen MR) is 105 cm³/mol. The molecule has 1 N–H and O–H groups in total. The van der Waals surface area contributed by atoms with Crippen molar-refractivity contribution >= 4 is 17.0 Å². The van der Waals surface area contributed by atoms with Crippen molar-refractivity contribution in [2.24, 2.45) is 7.05 Å². The fraction of sp³-hybridized carbons (Fsp3) is 0.190. The summed E-state index contributed by atoms with van der Waals surface area (Å²) in [6, 6.07) is 16.5. The first-order valence-electron chi connectivity index (χ1n) is 9.03. The van der Waals surface area contributed by atoms with Gasteiger partial charge in [0.1, 0.15) is 11.9 Å². The normalized spacial score (nSPS) is 12.2. The molecule has 0 spiro atoms. The van der Waals surface area contributed by atoms with E-state index >= 15 is 0 Å². The van der Waals surface area contributed by atoms with Gasteiger partial charge in [-0.05, 0) is 17.7 Å². The highest BCUT2D eigenvalue weighted by atomic mass is 16.4. The van der Waals surface area contributed by atoms with Crippen LogP contribution in [0, 0.1) is 0 Å². The Morgan fingerprint density at radius 3 is 2.64 bits per heavy atom. The van der Waals surface area contributed by atoms with Crippen LogP contribution >= 0.6 is 0 Å². The number of rotatable bonds is 6. The fourth-order valence-electron chi connectivity index (χ4n) is 3.27. The summed E-state index contributed by atoms with van der Waals surface area (Å²) in [4.78, 5) is 29.1. The summed E-state index contributed by atoms with van der Waals surface area (Å²) in [5.74, 6) is 0.109. The second-order valence-electron chi connectivity index (χ2n) is 6.54.